The van der Waals surface area contributed by atoms with Crippen molar-refractivity contribution >= 4 is 23.5 Å². The predicted molar refractivity (Wildman–Crippen MR) is 65.4 cm³/mol. The van der Waals surface area contributed by atoms with Crippen LogP contribution in [-0.2, 0) is 0 Å². The summed E-state index contributed by atoms with van der Waals surface area (Å²) in [5, 5.41) is 9.23. The van der Waals surface area contributed by atoms with E-state index in [4.69, 9.17) is 21.4 Å². The summed E-state index contributed by atoms with van der Waals surface area (Å²) >= 11 is 5.69. The molecule has 2 rings (SSSR count). The van der Waals surface area contributed by atoms with Gasteiger partial charge in [-0.2, -0.15) is 0 Å². The number of carbonyl (C=O) groups excluding carboxylic acids is 1. The number of hydrogen-bond acceptors (Lipinski definition) is 5. The topological polar surface area (TPSA) is 89.4 Å². The molecule has 1 aromatic heterocycles. The van der Waals surface area contributed by atoms with Crippen LogP contribution in [-0.4, -0.2) is 27.0 Å². The fraction of sp³-hybridized carbons (Fsp3) is 0. The lowest BCUT2D eigenvalue weighted by molar-refractivity contribution is 0.0682. The van der Waals surface area contributed by atoms with E-state index in [0.717, 1.165) is 0 Å². The zero-order valence-corrected chi connectivity index (χ0v) is 10.2. The van der Waals surface area contributed by atoms with E-state index in [0.29, 0.717) is 5.02 Å². The number of carbonyl (C=O) groups is 2. The molecule has 0 bridgehead atoms. The summed E-state index contributed by atoms with van der Waals surface area (Å²) in [6, 6.07) is 7.42. The molecule has 0 amide bonds. The van der Waals surface area contributed by atoms with E-state index in [-0.39, 0.29) is 11.4 Å². The van der Waals surface area contributed by atoms with Crippen molar-refractivity contribution in [2.75, 3.05) is 0 Å². The van der Waals surface area contributed by atoms with Crippen molar-refractivity contribution in [3.8, 4) is 5.75 Å². The minimum Gasteiger partial charge on any atom is -0.475 e. The van der Waals surface area contributed by atoms with Gasteiger partial charge in [-0.05, 0) is 30.3 Å². The largest absolute Gasteiger partial charge is 0.475 e. The third-order valence-electron chi connectivity index (χ3n) is 2.08. The average Bonchev–Trinajstić information content (AvgIpc) is 2.41. The molecular formula is C12H7ClN2O4. The van der Waals surface area contributed by atoms with Gasteiger partial charge in [0.05, 0.1) is 0 Å². The van der Waals surface area contributed by atoms with Crippen LogP contribution in [0.1, 0.15) is 21.1 Å². The Labute approximate surface area is 112 Å². The van der Waals surface area contributed by atoms with Crippen LogP contribution in [0.15, 0.2) is 36.5 Å². The highest BCUT2D eigenvalue weighted by molar-refractivity contribution is 6.30. The zero-order valence-electron chi connectivity index (χ0n) is 9.41. The van der Waals surface area contributed by atoms with Crippen LogP contribution in [0.2, 0.25) is 5.02 Å². The summed E-state index contributed by atoms with van der Waals surface area (Å²) in [7, 11) is 0. The number of rotatable bonds is 3. The molecule has 0 aliphatic carbocycles. The summed E-state index contributed by atoms with van der Waals surface area (Å²) in [5.74, 6) is -2.27. The Bertz CT molecular complexity index is 628. The summed E-state index contributed by atoms with van der Waals surface area (Å²) in [4.78, 5) is 29.5. The molecule has 96 valence electrons. The lowest BCUT2D eigenvalue weighted by Crippen LogP contribution is -2.14. The highest BCUT2D eigenvalue weighted by Crippen LogP contribution is 2.16. The molecule has 0 aliphatic heterocycles. The number of ether oxygens (including phenoxy) is 1. The normalized spacial score (nSPS) is 9.95. The third-order valence-corrected chi connectivity index (χ3v) is 2.33. The van der Waals surface area contributed by atoms with Crippen LogP contribution in [0.25, 0.3) is 0 Å². The Balaban J connectivity index is 2.18. The molecule has 0 saturated heterocycles. The van der Waals surface area contributed by atoms with E-state index >= 15 is 0 Å². The SMILES string of the molecule is O=C(Oc1ccc(Cl)cc1)c1ccnc(C(=O)O)n1. The second-order valence-corrected chi connectivity index (χ2v) is 3.85. The van der Waals surface area contributed by atoms with E-state index in [1.807, 2.05) is 0 Å². The van der Waals surface area contributed by atoms with Crippen LogP contribution >= 0.6 is 11.6 Å². The monoisotopic (exact) mass is 278 g/mol. The first kappa shape index (κ1) is 13.0. The maximum Gasteiger partial charge on any atom is 0.373 e. The Morgan fingerprint density at radius 1 is 1.16 bits per heavy atom. The van der Waals surface area contributed by atoms with Gasteiger partial charge in [-0.1, -0.05) is 11.6 Å². The van der Waals surface area contributed by atoms with Crippen LogP contribution in [0.3, 0.4) is 0 Å². The van der Waals surface area contributed by atoms with Gasteiger partial charge < -0.3 is 9.84 Å². The number of aromatic carboxylic acids is 1. The maximum atomic E-state index is 11.7. The summed E-state index contributed by atoms with van der Waals surface area (Å²) in [5.41, 5.74) is -0.137. The number of nitrogens with zero attached hydrogens (tertiary/aromatic N) is 2. The lowest BCUT2D eigenvalue weighted by atomic mass is 10.3. The van der Waals surface area contributed by atoms with E-state index in [1.54, 1.807) is 12.1 Å². The molecule has 6 nitrogen and oxygen atoms in total. The first-order valence-corrected chi connectivity index (χ1v) is 5.48. The predicted octanol–water partition coefficient (Wildman–Crippen LogP) is 2.05. The number of benzene rings is 1. The van der Waals surface area contributed by atoms with Crippen molar-refractivity contribution < 1.29 is 19.4 Å². The molecule has 0 aliphatic rings. The Kier molecular flexibility index (Phi) is 3.72. The molecule has 1 heterocycles. The van der Waals surface area contributed by atoms with Crippen molar-refractivity contribution in [3.63, 3.8) is 0 Å². The molecule has 2 aromatic rings. The van der Waals surface area contributed by atoms with Gasteiger partial charge >= 0.3 is 11.9 Å². The first-order chi connectivity index (χ1) is 9.06. The molecule has 0 atom stereocenters. The smallest absolute Gasteiger partial charge is 0.373 e. The first-order valence-electron chi connectivity index (χ1n) is 5.10. The van der Waals surface area contributed by atoms with Crippen LogP contribution in [0, 0.1) is 0 Å². The van der Waals surface area contributed by atoms with Gasteiger partial charge in [0.2, 0.25) is 5.82 Å². The number of hydrogen-bond donors (Lipinski definition) is 1. The fourth-order valence-corrected chi connectivity index (χ4v) is 1.36. The standard InChI is InChI=1S/C12H7ClN2O4/c13-7-1-3-8(4-2-7)19-12(18)9-5-6-14-10(15-9)11(16)17/h1-6H,(H,16,17). The number of aromatic nitrogens is 2. The molecule has 7 heteroatoms. The van der Waals surface area contributed by atoms with E-state index < -0.39 is 17.8 Å². The van der Waals surface area contributed by atoms with Gasteiger partial charge in [-0.15, -0.1) is 0 Å². The van der Waals surface area contributed by atoms with E-state index in [2.05, 4.69) is 9.97 Å². The molecule has 19 heavy (non-hydrogen) atoms. The Morgan fingerprint density at radius 3 is 2.47 bits per heavy atom. The fourth-order valence-electron chi connectivity index (χ4n) is 1.24. The molecule has 0 fully saturated rings. The molecule has 0 radical (unpaired) electrons. The van der Waals surface area contributed by atoms with Crippen molar-refractivity contribution in [1.29, 1.82) is 0 Å². The van der Waals surface area contributed by atoms with E-state index in [9.17, 15) is 9.59 Å². The van der Waals surface area contributed by atoms with Crippen molar-refractivity contribution in [1.82, 2.24) is 9.97 Å². The summed E-state index contributed by atoms with van der Waals surface area (Å²) < 4.78 is 5.01. The molecule has 0 saturated carbocycles. The second-order valence-electron chi connectivity index (χ2n) is 3.41. The average molecular weight is 279 g/mol. The van der Waals surface area contributed by atoms with E-state index in [1.165, 1.54) is 24.4 Å². The summed E-state index contributed by atoms with van der Waals surface area (Å²) in [6.45, 7) is 0. The molecule has 1 aromatic carbocycles. The number of halogens is 1. The van der Waals surface area contributed by atoms with Gasteiger partial charge in [0.15, 0.2) is 5.69 Å². The number of carboxylic acid groups (broad SMARTS) is 1. The van der Waals surface area contributed by atoms with Crippen LogP contribution in [0.5, 0.6) is 5.75 Å². The third kappa shape index (κ3) is 3.26. The van der Waals surface area contributed by atoms with Crippen molar-refractivity contribution in [2.45, 2.75) is 0 Å². The molecule has 0 unspecified atom stereocenters. The maximum absolute atomic E-state index is 11.7. The van der Waals surface area contributed by atoms with Gasteiger partial charge in [0, 0.05) is 11.2 Å². The van der Waals surface area contributed by atoms with Crippen LogP contribution < -0.4 is 4.74 Å². The minimum atomic E-state index is -1.32. The van der Waals surface area contributed by atoms with Gasteiger partial charge in [0.25, 0.3) is 0 Å². The zero-order chi connectivity index (χ0) is 13.8. The Hall–Kier alpha value is -2.47. The minimum absolute atomic E-state index is 0.137. The highest BCUT2D eigenvalue weighted by atomic mass is 35.5. The molecule has 1 N–H and O–H groups in total. The quantitative estimate of drug-likeness (QED) is 0.683. The second kappa shape index (κ2) is 5.45. The number of carboxylic acids is 1. The molecule has 0 spiro atoms. The van der Waals surface area contributed by atoms with Gasteiger partial charge in [-0.25, -0.2) is 19.6 Å². The molecular weight excluding hydrogens is 272 g/mol. The lowest BCUT2D eigenvalue weighted by Gasteiger charge is -2.03. The Morgan fingerprint density at radius 2 is 1.84 bits per heavy atom. The van der Waals surface area contributed by atoms with Crippen LogP contribution in [0.4, 0.5) is 0 Å². The van der Waals surface area contributed by atoms with Gasteiger partial charge in [0.1, 0.15) is 5.75 Å². The van der Waals surface area contributed by atoms with Crippen molar-refractivity contribution in [3.05, 3.63) is 53.1 Å². The summed E-state index contributed by atoms with van der Waals surface area (Å²) in [6.07, 6.45) is 1.18. The highest BCUT2D eigenvalue weighted by Gasteiger charge is 2.14. The van der Waals surface area contributed by atoms with Crippen molar-refractivity contribution in [2.24, 2.45) is 0 Å². The number of esters is 1. The van der Waals surface area contributed by atoms with Gasteiger partial charge in [-0.3, -0.25) is 0 Å².